The topological polar surface area (TPSA) is 72.5 Å². The van der Waals surface area contributed by atoms with Crippen LogP contribution in [0.3, 0.4) is 0 Å². The molecule has 7 heteroatoms. The van der Waals surface area contributed by atoms with Crippen LogP contribution in [0.4, 0.5) is 0 Å². The lowest BCUT2D eigenvalue weighted by Crippen LogP contribution is -2.15. The van der Waals surface area contributed by atoms with Gasteiger partial charge in [0, 0.05) is 13.0 Å². The van der Waals surface area contributed by atoms with Crippen molar-refractivity contribution in [1.82, 2.24) is 0 Å². The second kappa shape index (κ2) is 35.3. The van der Waals surface area contributed by atoms with Crippen LogP contribution in [0, 0.1) is 0 Å². The van der Waals surface area contributed by atoms with Crippen molar-refractivity contribution in [3.8, 4) is 0 Å². The number of ether oxygens (including phenoxy) is 6. The maximum atomic E-state index is 11.5. The van der Waals surface area contributed by atoms with Gasteiger partial charge in [-0.3, -0.25) is 4.79 Å². The fourth-order valence-corrected chi connectivity index (χ4v) is 4.19. The van der Waals surface area contributed by atoms with Gasteiger partial charge in [0.25, 0.3) is 0 Å². The van der Waals surface area contributed by atoms with Crippen molar-refractivity contribution in [3.63, 3.8) is 0 Å². The highest BCUT2D eigenvalue weighted by atomic mass is 16.6. The van der Waals surface area contributed by atoms with Crippen LogP contribution < -0.4 is 0 Å². The fraction of sp³-hybridized carbons (Fsp3) is 0.969. The Morgan fingerprint density at radius 3 is 1.08 bits per heavy atom. The third-order valence-electron chi connectivity index (χ3n) is 6.61. The predicted molar refractivity (Wildman–Crippen MR) is 160 cm³/mol. The molecule has 0 saturated heterocycles. The summed E-state index contributed by atoms with van der Waals surface area (Å²) in [4.78, 5) is 11.5. The third-order valence-corrected chi connectivity index (χ3v) is 6.61. The van der Waals surface area contributed by atoms with Gasteiger partial charge < -0.3 is 28.4 Å². The first-order valence-electron chi connectivity index (χ1n) is 16.4. The molecular weight excluding hydrogens is 496 g/mol. The van der Waals surface area contributed by atoms with Crippen LogP contribution in [0.1, 0.15) is 129 Å². The molecule has 0 unspecified atom stereocenters. The van der Waals surface area contributed by atoms with E-state index in [-0.39, 0.29) is 5.97 Å². The van der Waals surface area contributed by atoms with E-state index in [1.54, 1.807) is 0 Å². The van der Waals surface area contributed by atoms with Gasteiger partial charge in [-0.05, 0) is 12.8 Å². The first kappa shape index (κ1) is 38.3. The van der Waals surface area contributed by atoms with Gasteiger partial charge in [0.05, 0.1) is 59.5 Å². The number of carbonyl (C=O) groups is 1. The number of unbranched alkanes of at least 4 members (excludes halogenated alkanes) is 15. The van der Waals surface area contributed by atoms with E-state index >= 15 is 0 Å². The van der Waals surface area contributed by atoms with Crippen molar-refractivity contribution in [2.75, 3.05) is 72.7 Å². The van der Waals surface area contributed by atoms with Crippen LogP contribution >= 0.6 is 0 Å². The predicted octanol–water partition coefficient (Wildman–Crippen LogP) is 7.67. The average Bonchev–Trinajstić information content (AvgIpc) is 2.94. The van der Waals surface area contributed by atoms with Crippen LogP contribution in [0.5, 0.6) is 0 Å². The Labute approximate surface area is 241 Å². The maximum absolute atomic E-state index is 11.5. The van der Waals surface area contributed by atoms with Crippen molar-refractivity contribution in [1.29, 1.82) is 0 Å². The quantitative estimate of drug-likeness (QED) is 0.0590. The SMILES string of the molecule is CCCCCCCCCCCCCCCOCCOCCOCCOCCOCCOC(=O)CCCCCC. The second-order valence-corrected chi connectivity index (χ2v) is 10.3. The van der Waals surface area contributed by atoms with Gasteiger partial charge in [0.2, 0.25) is 0 Å². The summed E-state index contributed by atoms with van der Waals surface area (Å²) in [6, 6.07) is 0. The standard InChI is InChI=1S/C32H64O7/c1-3-5-7-9-10-11-12-13-14-15-16-17-19-21-34-22-23-35-24-25-36-26-27-37-28-29-38-30-31-39-32(33)20-18-8-6-4-2/h3-31H2,1-2H3. The third kappa shape index (κ3) is 35.2. The summed E-state index contributed by atoms with van der Waals surface area (Å²) in [5, 5.41) is 0. The number of hydrogen-bond donors (Lipinski definition) is 0. The van der Waals surface area contributed by atoms with Gasteiger partial charge in [-0.2, -0.15) is 0 Å². The van der Waals surface area contributed by atoms with E-state index in [2.05, 4.69) is 13.8 Å². The van der Waals surface area contributed by atoms with Gasteiger partial charge in [-0.1, -0.05) is 110 Å². The minimum atomic E-state index is -0.135. The fourth-order valence-electron chi connectivity index (χ4n) is 4.19. The lowest BCUT2D eigenvalue weighted by atomic mass is 10.0. The molecule has 0 saturated carbocycles. The second-order valence-electron chi connectivity index (χ2n) is 10.3. The minimum Gasteiger partial charge on any atom is -0.463 e. The van der Waals surface area contributed by atoms with E-state index in [9.17, 15) is 4.79 Å². The van der Waals surface area contributed by atoms with Gasteiger partial charge in [-0.15, -0.1) is 0 Å². The summed E-state index contributed by atoms with van der Waals surface area (Å²) in [5.41, 5.74) is 0. The van der Waals surface area contributed by atoms with Crippen molar-refractivity contribution in [2.45, 2.75) is 129 Å². The molecule has 0 rings (SSSR count). The van der Waals surface area contributed by atoms with Gasteiger partial charge in [0.1, 0.15) is 6.61 Å². The molecule has 0 aliphatic rings. The zero-order chi connectivity index (χ0) is 28.3. The molecule has 0 radical (unpaired) electrons. The highest BCUT2D eigenvalue weighted by Crippen LogP contribution is 2.12. The van der Waals surface area contributed by atoms with Gasteiger partial charge in [-0.25, -0.2) is 0 Å². The van der Waals surface area contributed by atoms with E-state index < -0.39 is 0 Å². The van der Waals surface area contributed by atoms with Crippen molar-refractivity contribution in [2.24, 2.45) is 0 Å². The molecule has 0 bridgehead atoms. The molecule has 0 aromatic carbocycles. The average molecular weight is 561 g/mol. The van der Waals surface area contributed by atoms with E-state index in [0.29, 0.717) is 72.5 Å². The normalized spacial score (nSPS) is 11.3. The highest BCUT2D eigenvalue weighted by Gasteiger charge is 2.02. The summed E-state index contributed by atoms with van der Waals surface area (Å²) >= 11 is 0. The Kier molecular flexibility index (Phi) is 34.6. The first-order chi connectivity index (χ1) is 19.3. The zero-order valence-corrected chi connectivity index (χ0v) is 25.9. The molecule has 0 aromatic heterocycles. The van der Waals surface area contributed by atoms with E-state index in [1.807, 2.05) is 0 Å². The lowest BCUT2D eigenvalue weighted by Gasteiger charge is -2.08. The molecule has 0 spiro atoms. The Balaban J connectivity index is 3.07. The van der Waals surface area contributed by atoms with E-state index in [0.717, 1.165) is 25.9 Å². The number of esters is 1. The summed E-state index contributed by atoms with van der Waals surface area (Å²) in [7, 11) is 0. The molecule has 0 aromatic rings. The highest BCUT2D eigenvalue weighted by molar-refractivity contribution is 5.69. The molecule has 7 nitrogen and oxygen atoms in total. The van der Waals surface area contributed by atoms with Crippen LogP contribution in [0.2, 0.25) is 0 Å². The maximum Gasteiger partial charge on any atom is 0.305 e. The zero-order valence-electron chi connectivity index (χ0n) is 25.9. The largest absolute Gasteiger partial charge is 0.463 e. The molecule has 0 atom stereocenters. The lowest BCUT2D eigenvalue weighted by molar-refractivity contribution is -0.145. The van der Waals surface area contributed by atoms with Crippen molar-refractivity contribution >= 4 is 5.97 Å². The number of hydrogen-bond acceptors (Lipinski definition) is 7. The van der Waals surface area contributed by atoms with Crippen LogP contribution in [0.15, 0.2) is 0 Å². The molecule has 0 heterocycles. The Bertz CT molecular complexity index is 462. The molecule has 234 valence electrons. The molecule has 0 amide bonds. The first-order valence-corrected chi connectivity index (χ1v) is 16.4. The number of rotatable bonds is 34. The molecule has 0 fully saturated rings. The molecule has 0 aliphatic carbocycles. The van der Waals surface area contributed by atoms with Crippen LogP contribution in [-0.2, 0) is 33.2 Å². The Hall–Kier alpha value is -0.730. The van der Waals surface area contributed by atoms with Crippen LogP contribution in [0.25, 0.3) is 0 Å². The van der Waals surface area contributed by atoms with Gasteiger partial charge in [0.15, 0.2) is 0 Å². The Morgan fingerprint density at radius 2 is 0.667 bits per heavy atom. The molecule has 0 N–H and O–H groups in total. The van der Waals surface area contributed by atoms with Gasteiger partial charge >= 0.3 is 5.97 Å². The summed E-state index contributed by atoms with van der Waals surface area (Å²) in [6.45, 7) is 10.4. The van der Waals surface area contributed by atoms with Crippen molar-refractivity contribution < 1.29 is 33.2 Å². The molecule has 0 aliphatic heterocycles. The Morgan fingerprint density at radius 1 is 0.359 bits per heavy atom. The van der Waals surface area contributed by atoms with E-state index in [4.69, 9.17) is 28.4 Å². The van der Waals surface area contributed by atoms with Crippen molar-refractivity contribution in [3.05, 3.63) is 0 Å². The monoisotopic (exact) mass is 560 g/mol. The van der Waals surface area contributed by atoms with E-state index in [1.165, 1.54) is 89.9 Å². The van der Waals surface area contributed by atoms with Crippen LogP contribution in [-0.4, -0.2) is 78.6 Å². The molecular formula is C32H64O7. The smallest absolute Gasteiger partial charge is 0.305 e. The summed E-state index contributed by atoms with van der Waals surface area (Å²) in [5.74, 6) is -0.135. The number of carbonyl (C=O) groups excluding carboxylic acids is 1. The summed E-state index contributed by atoms with van der Waals surface area (Å²) in [6.07, 6.45) is 22.7. The minimum absolute atomic E-state index is 0.135. The summed E-state index contributed by atoms with van der Waals surface area (Å²) < 4.78 is 32.7. The molecule has 39 heavy (non-hydrogen) atoms.